The van der Waals surface area contributed by atoms with E-state index in [1.807, 2.05) is 10.8 Å². The van der Waals surface area contributed by atoms with Crippen molar-refractivity contribution in [2.24, 2.45) is 11.8 Å². The quantitative estimate of drug-likeness (QED) is 0.638. The summed E-state index contributed by atoms with van der Waals surface area (Å²) in [4.78, 5) is 0. The van der Waals surface area contributed by atoms with E-state index in [1.165, 1.54) is 0 Å². The number of hydrogen-bond acceptors (Lipinski definition) is 3. The van der Waals surface area contributed by atoms with Gasteiger partial charge in [-0.25, -0.2) is 0 Å². The van der Waals surface area contributed by atoms with Crippen LogP contribution in [0.2, 0.25) is 0 Å². The van der Waals surface area contributed by atoms with Gasteiger partial charge in [0.1, 0.15) is 0 Å². The lowest BCUT2D eigenvalue weighted by molar-refractivity contribution is 0.135. The van der Waals surface area contributed by atoms with E-state index < -0.39 is 0 Å². The molecule has 0 radical (unpaired) electrons. The first-order chi connectivity index (χ1) is 6.27. The summed E-state index contributed by atoms with van der Waals surface area (Å²) in [7, 11) is 0. The monoisotopic (exact) mass is 198 g/mol. The Morgan fingerprint density at radius 2 is 1.54 bits per heavy atom. The Labute approximate surface area is 82.5 Å². The molecule has 2 heterocycles. The van der Waals surface area contributed by atoms with Crippen molar-refractivity contribution >= 4 is 11.3 Å². The number of hydrogen-bond donors (Lipinski definition) is 0. The van der Waals surface area contributed by atoms with Gasteiger partial charge in [0.05, 0.1) is 13.2 Å². The summed E-state index contributed by atoms with van der Waals surface area (Å²) in [5.74, 6) is 2.94. The van der Waals surface area contributed by atoms with Gasteiger partial charge < -0.3 is 9.47 Å². The minimum Gasteiger partial charge on any atom is -0.489 e. The molecule has 13 heavy (non-hydrogen) atoms. The highest BCUT2D eigenvalue weighted by Gasteiger charge is 2.19. The second-order valence-electron chi connectivity index (χ2n) is 3.68. The summed E-state index contributed by atoms with van der Waals surface area (Å²) in [6, 6.07) is 0. The molecule has 1 aromatic heterocycles. The summed E-state index contributed by atoms with van der Waals surface area (Å²) < 4.78 is 11.3. The van der Waals surface area contributed by atoms with E-state index in [9.17, 15) is 0 Å². The normalized spacial score (nSPS) is 27.8. The maximum absolute atomic E-state index is 5.64. The van der Waals surface area contributed by atoms with Gasteiger partial charge in [0.25, 0.3) is 0 Å². The van der Waals surface area contributed by atoms with Gasteiger partial charge in [0.15, 0.2) is 11.5 Å². The highest BCUT2D eigenvalue weighted by molar-refractivity contribution is 7.08. The number of fused-ring (bicyclic) bond motifs is 1. The molecule has 0 amide bonds. The second-order valence-corrected chi connectivity index (χ2v) is 4.42. The van der Waals surface area contributed by atoms with Gasteiger partial charge in [-0.1, -0.05) is 13.8 Å². The largest absolute Gasteiger partial charge is 0.489 e. The fraction of sp³-hybridized carbons (Fsp3) is 0.600. The van der Waals surface area contributed by atoms with Crippen molar-refractivity contribution in [3.8, 4) is 11.5 Å². The molecule has 2 unspecified atom stereocenters. The van der Waals surface area contributed by atoms with E-state index in [1.54, 1.807) is 11.3 Å². The first-order valence-electron chi connectivity index (χ1n) is 4.59. The number of ether oxygens (including phenoxy) is 2. The van der Waals surface area contributed by atoms with Crippen molar-refractivity contribution in [3.63, 3.8) is 0 Å². The molecule has 0 aromatic carbocycles. The molecule has 0 fully saturated rings. The smallest absolute Gasteiger partial charge is 0.171 e. The predicted molar refractivity (Wildman–Crippen MR) is 53.6 cm³/mol. The fourth-order valence-corrected chi connectivity index (χ4v) is 1.94. The first-order valence-corrected chi connectivity index (χ1v) is 5.53. The van der Waals surface area contributed by atoms with Crippen molar-refractivity contribution < 1.29 is 9.47 Å². The van der Waals surface area contributed by atoms with Crippen molar-refractivity contribution in [1.82, 2.24) is 0 Å². The first kappa shape index (κ1) is 8.88. The second kappa shape index (κ2) is 3.58. The van der Waals surface area contributed by atoms with Crippen LogP contribution in [0.3, 0.4) is 0 Å². The Morgan fingerprint density at radius 1 is 1.08 bits per heavy atom. The van der Waals surface area contributed by atoms with E-state index in [0.717, 1.165) is 24.7 Å². The van der Waals surface area contributed by atoms with Crippen LogP contribution in [0.15, 0.2) is 10.8 Å². The highest BCUT2D eigenvalue weighted by atomic mass is 32.1. The van der Waals surface area contributed by atoms with Crippen LogP contribution < -0.4 is 9.47 Å². The highest BCUT2D eigenvalue weighted by Crippen LogP contribution is 2.34. The third-order valence-corrected chi connectivity index (χ3v) is 3.27. The third kappa shape index (κ3) is 1.80. The van der Waals surface area contributed by atoms with Crippen LogP contribution in [-0.4, -0.2) is 13.2 Å². The Balaban J connectivity index is 2.15. The summed E-state index contributed by atoms with van der Waals surface area (Å²) in [5.41, 5.74) is 0. The Morgan fingerprint density at radius 3 is 2.00 bits per heavy atom. The van der Waals surface area contributed by atoms with Gasteiger partial charge in [-0.2, -0.15) is 0 Å². The molecule has 0 saturated heterocycles. The van der Waals surface area contributed by atoms with Crippen LogP contribution >= 0.6 is 11.3 Å². The average molecular weight is 198 g/mol. The molecule has 0 spiro atoms. The molecule has 1 aliphatic heterocycles. The maximum atomic E-state index is 5.64. The molecule has 0 saturated carbocycles. The van der Waals surface area contributed by atoms with E-state index >= 15 is 0 Å². The Hall–Kier alpha value is -0.700. The van der Waals surface area contributed by atoms with Gasteiger partial charge in [-0.15, -0.1) is 11.3 Å². The molecule has 0 bridgehead atoms. The molecule has 3 heteroatoms. The van der Waals surface area contributed by atoms with E-state index in [0.29, 0.717) is 11.8 Å². The van der Waals surface area contributed by atoms with Crippen LogP contribution in [-0.2, 0) is 0 Å². The van der Waals surface area contributed by atoms with Crippen LogP contribution in [0, 0.1) is 11.8 Å². The summed E-state index contributed by atoms with van der Waals surface area (Å²) in [6.45, 7) is 6.00. The lowest BCUT2D eigenvalue weighted by Gasteiger charge is -2.23. The van der Waals surface area contributed by atoms with Crippen molar-refractivity contribution in [2.45, 2.75) is 13.8 Å². The topological polar surface area (TPSA) is 18.5 Å². The van der Waals surface area contributed by atoms with Crippen LogP contribution in [0.4, 0.5) is 0 Å². The van der Waals surface area contributed by atoms with Crippen molar-refractivity contribution in [3.05, 3.63) is 10.8 Å². The van der Waals surface area contributed by atoms with Gasteiger partial charge in [0.2, 0.25) is 0 Å². The molecule has 2 rings (SSSR count). The molecule has 1 aromatic rings. The Bertz CT molecular complexity index is 256. The zero-order valence-electron chi connectivity index (χ0n) is 7.95. The third-order valence-electron chi connectivity index (χ3n) is 2.57. The maximum Gasteiger partial charge on any atom is 0.171 e. The van der Waals surface area contributed by atoms with Gasteiger partial charge in [0, 0.05) is 10.8 Å². The molecule has 1 aliphatic rings. The number of thiophene rings is 1. The van der Waals surface area contributed by atoms with Crippen molar-refractivity contribution in [2.75, 3.05) is 13.2 Å². The minimum absolute atomic E-state index is 0.563. The lowest BCUT2D eigenvalue weighted by atomic mass is 9.98. The molecule has 0 aliphatic carbocycles. The lowest BCUT2D eigenvalue weighted by Crippen LogP contribution is -2.24. The summed E-state index contributed by atoms with van der Waals surface area (Å²) in [6.07, 6.45) is 0. The fourth-order valence-electron chi connectivity index (χ4n) is 1.26. The van der Waals surface area contributed by atoms with Crippen molar-refractivity contribution in [1.29, 1.82) is 0 Å². The SMILES string of the molecule is CC1COc2cscc2OCC1C. The van der Waals surface area contributed by atoms with E-state index in [2.05, 4.69) is 13.8 Å². The Kier molecular flexibility index (Phi) is 2.44. The van der Waals surface area contributed by atoms with Gasteiger partial charge in [-0.05, 0) is 11.8 Å². The molecule has 2 atom stereocenters. The van der Waals surface area contributed by atoms with Gasteiger partial charge in [-0.3, -0.25) is 0 Å². The minimum atomic E-state index is 0.563. The van der Waals surface area contributed by atoms with E-state index in [4.69, 9.17) is 9.47 Å². The molecular weight excluding hydrogens is 184 g/mol. The van der Waals surface area contributed by atoms with Crippen LogP contribution in [0.5, 0.6) is 11.5 Å². The average Bonchev–Trinajstić information content (AvgIpc) is 2.55. The van der Waals surface area contributed by atoms with Gasteiger partial charge >= 0.3 is 0 Å². The van der Waals surface area contributed by atoms with Crippen LogP contribution in [0.1, 0.15) is 13.8 Å². The van der Waals surface area contributed by atoms with E-state index in [-0.39, 0.29) is 0 Å². The number of rotatable bonds is 0. The molecule has 72 valence electrons. The zero-order valence-corrected chi connectivity index (χ0v) is 8.76. The standard InChI is InChI=1S/C10H14O2S/c1-7-3-11-9-5-13-6-10(9)12-4-8(7)2/h5-8H,3-4H2,1-2H3. The molecule has 0 N–H and O–H groups in total. The predicted octanol–water partition coefficient (Wildman–Crippen LogP) is 2.79. The summed E-state index contributed by atoms with van der Waals surface area (Å²) >= 11 is 1.63. The molecule has 2 nitrogen and oxygen atoms in total. The van der Waals surface area contributed by atoms with Crippen LogP contribution in [0.25, 0.3) is 0 Å². The summed E-state index contributed by atoms with van der Waals surface area (Å²) in [5, 5.41) is 4.00. The zero-order chi connectivity index (χ0) is 9.26. The molecular formula is C10H14O2S.